The predicted molar refractivity (Wildman–Crippen MR) is 121 cm³/mol. The van der Waals surface area contributed by atoms with Crippen LogP contribution >= 0.6 is 0 Å². The highest BCUT2D eigenvalue weighted by Gasteiger charge is 2.73. The molecule has 214 valence electrons. The first kappa shape index (κ1) is 29.2. The molecule has 1 amide bonds. The van der Waals surface area contributed by atoms with E-state index in [9.17, 15) is 48.3 Å². The Kier molecular flexibility index (Phi) is 7.52. The number of hydrogen-bond donors (Lipinski definition) is 1. The molecule has 14 heteroatoms. The molecule has 1 aliphatic carbocycles. The van der Waals surface area contributed by atoms with Gasteiger partial charge in [0.1, 0.15) is 10.6 Å². The zero-order valence-electron chi connectivity index (χ0n) is 20.1. The largest absolute Gasteiger partial charge is 0.435 e. The molecule has 0 atom stereocenters. The maximum atomic E-state index is 14.5. The summed E-state index contributed by atoms with van der Waals surface area (Å²) >= 11 is 0. The van der Waals surface area contributed by atoms with Crippen molar-refractivity contribution < 1.29 is 53.1 Å². The summed E-state index contributed by atoms with van der Waals surface area (Å²) < 4.78 is 138. The van der Waals surface area contributed by atoms with E-state index < -0.39 is 55.8 Å². The molecule has 1 heterocycles. The molecule has 5 nitrogen and oxygen atoms in total. The third-order valence-corrected chi connectivity index (χ3v) is 9.81. The van der Waals surface area contributed by atoms with E-state index in [4.69, 9.17) is 4.74 Å². The molecule has 0 radical (unpaired) electrons. The van der Waals surface area contributed by atoms with E-state index in [1.807, 2.05) is 0 Å². The minimum Gasteiger partial charge on any atom is -0.381 e. The Labute approximate surface area is 218 Å². The van der Waals surface area contributed by atoms with Crippen LogP contribution in [0.15, 0.2) is 53.4 Å². The fourth-order valence-corrected chi connectivity index (χ4v) is 7.26. The lowest BCUT2D eigenvalue weighted by molar-refractivity contribution is -0.348. The molecule has 1 saturated heterocycles. The van der Waals surface area contributed by atoms with Gasteiger partial charge in [-0.2, -0.15) is 26.3 Å². The highest BCUT2D eigenvalue weighted by atomic mass is 32.2. The average Bonchev–Trinajstić information content (AvgIpc) is 2.82. The van der Waals surface area contributed by atoms with Crippen molar-refractivity contribution in [3.05, 3.63) is 65.5 Å². The van der Waals surface area contributed by atoms with Crippen LogP contribution in [0, 0.1) is 11.7 Å². The number of halogens is 8. The van der Waals surface area contributed by atoms with Gasteiger partial charge in [0.2, 0.25) is 5.91 Å². The van der Waals surface area contributed by atoms with Gasteiger partial charge in [-0.1, -0.05) is 24.3 Å². The number of ether oxygens (including phenoxy) is 1. The molecule has 2 aromatic carbocycles. The van der Waals surface area contributed by atoms with Crippen LogP contribution in [-0.4, -0.2) is 45.9 Å². The van der Waals surface area contributed by atoms with Gasteiger partial charge in [-0.25, -0.2) is 17.2 Å². The fourth-order valence-electron chi connectivity index (χ4n) is 5.02. The molecule has 1 aliphatic heterocycles. The number of nitrogens with one attached hydrogen (secondary N) is 1. The lowest BCUT2D eigenvalue weighted by Gasteiger charge is -2.47. The Bertz CT molecular complexity index is 1280. The molecule has 2 aromatic rings. The number of benzene rings is 2. The second-order valence-corrected chi connectivity index (χ2v) is 11.9. The van der Waals surface area contributed by atoms with Crippen LogP contribution in [0.2, 0.25) is 0 Å². The molecule has 4 rings (SSSR count). The molecule has 1 saturated carbocycles. The number of rotatable bonds is 6. The molecule has 0 aromatic heterocycles. The summed E-state index contributed by atoms with van der Waals surface area (Å²) in [7, 11) is -4.44. The zero-order chi connectivity index (χ0) is 28.9. The Hall–Kier alpha value is -2.74. The van der Waals surface area contributed by atoms with Crippen LogP contribution in [0.25, 0.3) is 0 Å². The van der Waals surface area contributed by atoms with Crippen LogP contribution in [0.5, 0.6) is 0 Å². The smallest absolute Gasteiger partial charge is 0.381 e. The lowest BCUT2D eigenvalue weighted by atomic mass is 9.69. The summed E-state index contributed by atoms with van der Waals surface area (Å²) in [5, 5.41) is 2.81. The van der Waals surface area contributed by atoms with Gasteiger partial charge in [-0.3, -0.25) is 4.79 Å². The maximum absolute atomic E-state index is 14.5. The highest BCUT2D eigenvalue weighted by Crippen LogP contribution is 2.56. The van der Waals surface area contributed by atoms with Crippen molar-refractivity contribution in [2.24, 2.45) is 5.92 Å². The number of alkyl halides is 7. The number of carbonyl (C=O) groups is 1. The third-order valence-electron chi connectivity index (χ3n) is 7.32. The molecule has 2 fully saturated rings. The van der Waals surface area contributed by atoms with Crippen LogP contribution in [0.1, 0.15) is 36.8 Å². The third kappa shape index (κ3) is 5.01. The van der Waals surface area contributed by atoms with Gasteiger partial charge in [0.15, 0.2) is 9.84 Å². The van der Waals surface area contributed by atoms with Crippen molar-refractivity contribution in [1.82, 2.24) is 5.32 Å². The van der Waals surface area contributed by atoms with Crippen LogP contribution < -0.4 is 5.32 Å². The van der Waals surface area contributed by atoms with Crippen molar-refractivity contribution in [1.29, 1.82) is 0 Å². The Morgan fingerprint density at radius 3 is 1.85 bits per heavy atom. The molecule has 2 aliphatic rings. The highest BCUT2D eigenvalue weighted by molar-refractivity contribution is 7.92. The van der Waals surface area contributed by atoms with E-state index >= 15 is 0 Å². The van der Waals surface area contributed by atoms with Gasteiger partial charge >= 0.3 is 18.0 Å². The summed E-state index contributed by atoms with van der Waals surface area (Å²) in [5.41, 5.74) is -7.68. The first-order valence-corrected chi connectivity index (χ1v) is 13.3. The zero-order valence-corrected chi connectivity index (χ0v) is 20.9. The monoisotopic (exact) mass is 585 g/mol. The van der Waals surface area contributed by atoms with Gasteiger partial charge in [0.05, 0.1) is 4.90 Å². The van der Waals surface area contributed by atoms with Crippen LogP contribution in [0.4, 0.5) is 35.1 Å². The molecule has 39 heavy (non-hydrogen) atoms. The second kappa shape index (κ2) is 10.0. The molecule has 0 unspecified atom stereocenters. The maximum Gasteiger partial charge on any atom is 0.435 e. The molecule has 0 bridgehead atoms. The van der Waals surface area contributed by atoms with E-state index in [0.29, 0.717) is 38.2 Å². The SMILES string of the molecule is O=C(NC1CCOCC1)C1CC(c2ccc(C(F)(C(F)(F)F)C(F)(F)F)cc2)(S(=O)(=O)c2ccc(F)cc2)C1. The van der Waals surface area contributed by atoms with E-state index in [1.165, 1.54) is 0 Å². The number of sulfone groups is 1. The Morgan fingerprint density at radius 2 is 1.36 bits per heavy atom. The van der Waals surface area contributed by atoms with Gasteiger partial charge in [-0.15, -0.1) is 0 Å². The molecule has 0 spiro atoms. The topological polar surface area (TPSA) is 72.5 Å². The predicted octanol–water partition coefficient (Wildman–Crippen LogP) is 5.49. The minimum absolute atomic E-state index is 0.198. The molecular formula is C25H23F8NO4S. The van der Waals surface area contributed by atoms with Crippen molar-refractivity contribution in [3.63, 3.8) is 0 Å². The first-order chi connectivity index (χ1) is 18.0. The summed E-state index contributed by atoms with van der Waals surface area (Å²) in [6, 6.07) is 5.36. The quantitative estimate of drug-likeness (QED) is 0.360. The van der Waals surface area contributed by atoms with Crippen molar-refractivity contribution in [2.45, 2.75) is 59.4 Å². The van der Waals surface area contributed by atoms with E-state index in [-0.39, 0.29) is 41.5 Å². The Balaban J connectivity index is 1.71. The fraction of sp³-hybridized carbons (Fsp3) is 0.480. The summed E-state index contributed by atoms with van der Waals surface area (Å²) in [6.45, 7) is 0.855. The van der Waals surface area contributed by atoms with Gasteiger partial charge < -0.3 is 10.1 Å². The first-order valence-electron chi connectivity index (χ1n) is 11.8. The second-order valence-electron chi connectivity index (χ2n) is 9.68. The van der Waals surface area contributed by atoms with Gasteiger partial charge in [0, 0.05) is 30.7 Å². The van der Waals surface area contributed by atoms with Gasteiger partial charge in [0.25, 0.3) is 0 Å². The molecule has 1 N–H and O–H groups in total. The molecular weight excluding hydrogens is 562 g/mol. The van der Waals surface area contributed by atoms with Crippen molar-refractivity contribution in [2.75, 3.05) is 13.2 Å². The van der Waals surface area contributed by atoms with Gasteiger partial charge in [-0.05, 0) is 55.5 Å². The van der Waals surface area contributed by atoms with Crippen molar-refractivity contribution in [3.8, 4) is 0 Å². The summed E-state index contributed by atoms with van der Waals surface area (Å²) in [6.07, 6.45) is -12.3. The van der Waals surface area contributed by atoms with Crippen molar-refractivity contribution >= 4 is 15.7 Å². The number of hydrogen-bond acceptors (Lipinski definition) is 4. The average molecular weight is 586 g/mol. The number of amides is 1. The minimum atomic E-state index is -6.34. The number of carbonyl (C=O) groups excluding carboxylic acids is 1. The van der Waals surface area contributed by atoms with E-state index in [2.05, 4.69) is 5.32 Å². The summed E-state index contributed by atoms with van der Waals surface area (Å²) in [5.74, 6) is -2.04. The van der Waals surface area contributed by atoms with Crippen LogP contribution in [0.3, 0.4) is 0 Å². The van der Waals surface area contributed by atoms with Crippen LogP contribution in [-0.2, 0) is 29.8 Å². The standard InChI is InChI=1S/C25H23F8NO4S/c26-18-5-7-20(8-6-18)39(36,37)22(13-15(14-22)21(35)34-19-9-11-38-12-10-19)16-1-3-17(4-2-16)23(27,24(28,29)30)25(31,32)33/h1-8,15,19H,9-14H2,(H,34,35). The van der Waals surface area contributed by atoms with E-state index in [1.54, 1.807) is 0 Å². The van der Waals surface area contributed by atoms with E-state index in [0.717, 1.165) is 24.3 Å². The summed E-state index contributed by atoms with van der Waals surface area (Å²) in [4.78, 5) is 12.5. The lowest BCUT2D eigenvalue weighted by Crippen LogP contribution is -2.54. The Morgan fingerprint density at radius 1 is 0.846 bits per heavy atom. The normalized spacial score (nSPS) is 23.2.